The SMILES string of the molecule is CC(=NNC(=O)CCCCC(=O)NN=C(C)c1ccc2ccccc2c1)c1ccc2ccccc2c1. The number of rotatable bonds is 9. The molecule has 0 heterocycles. The standard InChI is InChI=1S/C30H30N4O2/c1-21(25-17-15-23-9-3-5-11-27(23)19-25)31-33-29(35)13-7-8-14-30(36)34-32-22(2)26-18-16-24-10-4-6-12-28(24)20-26/h3-6,9-12,15-20H,7-8,13-14H2,1-2H3,(H,33,35)(H,34,36). The Labute approximate surface area is 211 Å². The number of nitrogens with one attached hydrogen (secondary N) is 2. The van der Waals surface area contributed by atoms with Crippen LogP contribution in [0.15, 0.2) is 95.1 Å². The van der Waals surface area contributed by atoms with Crippen LogP contribution in [-0.4, -0.2) is 23.2 Å². The Morgan fingerprint density at radius 3 is 1.39 bits per heavy atom. The Morgan fingerprint density at radius 2 is 0.972 bits per heavy atom. The average molecular weight is 479 g/mol. The van der Waals surface area contributed by atoms with E-state index in [9.17, 15) is 9.59 Å². The lowest BCUT2D eigenvalue weighted by atomic mass is 10.0. The second-order valence-corrected chi connectivity index (χ2v) is 8.80. The van der Waals surface area contributed by atoms with E-state index >= 15 is 0 Å². The van der Waals surface area contributed by atoms with Crippen molar-refractivity contribution in [3.63, 3.8) is 0 Å². The molecule has 0 aromatic heterocycles. The smallest absolute Gasteiger partial charge is 0.240 e. The van der Waals surface area contributed by atoms with Gasteiger partial charge in [-0.2, -0.15) is 10.2 Å². The predicted octanol–water partition coefficient (Wildman–Crippen LogP) is 5.93. The molecule has 0 radical (unpaired) electrons. The number of carbonyl (C=O) groups excluding carboxylic acids is 2. The van der Waals surface area contributed by atoms with Crippen LogP contribution in [-0.2, 0) is 9.59 Å². The molecule has 4 rings (SSSR count). The predicted molar refractivity (Wildman–Crippen MR) is 147 cm³/mol. The number of hydrogen-bond acceptors (Lipinski definition) is 4. The summed E-state index contributed by atoms with van der Waals surface area (Å²) in [6, 6.07) is 28.4. The summed E-state index contributed by atoms with van der Waals surface area (Å²) in [4.78, 5) is 24.3. The van der Waals surface area contributed by atoms with Gasteiger partial charge in [0.15, 0.2) is 0 Å². The summed E-state index contributed by atoms with van der Waals surface area (Å²) >= 11 is 0. The van der Waals surface area contributed by atoms with Gasteiger partial charge in [-0.15, -0.1) is 0 Å². The number of amides is 2. The van der Waals surface area contributed by atoms with Gasteiger partial charge >= 0.3 is 0 Å². The van der Waals surface area contributed by atoms with Gasteiger partial charge in [0.1, 0.15) is 0 Å². The Kier molecular flexibility index (Phi) is 8.19. The first-order valence-corrected chi connectivity index (χ1v) is 12.1. The molecule has 4 aromatic rings. The van der Waals surface area contributed by atoms with Crippen LogP contribution in [0.3, 0.4) is 0 Å². The third-order valence-electron chi connectivity index (χ3n) is 6.09. The van der Waals surface area contributed by atoms with Gasteiger partial charge in [0, 0.05) is 12.8 Å². The Morgan fingerprint density at radius 1 is 0.583 bits per heavy atom. The minimum atomic E-state index is -0.166. The van der Waals surface area contributed by atoms with Crippen molar-refractivity contribution in [3.8, 4) is 0 Å². The summed E-state index contributed by atoms with van der Waals surface area (Å²) in [5.41, 5.74) is 8.64. The van der Waals surface area contributed by atoms with Crippen molar-refractivity contribution < 1.29 is 9.59 Å². The highest BCUT2D eigenvalue weighted by Gasteiger charge is 2.06. The van der Waals surface area contributed by atoms with E-state index in [0.29, 0.717) is 25.7 Å². The fourth-order valence-corrected chi connectivity index (χ4v) is 3.93. The van der Waals surface area contributed by atoms with Gasteiger partial charge in [0.25, 0.3) is 0 Å². The Hall–Kier alpha value is -4.32. The second kappa shape index (κ2) is 11.9. The molecule has 0 saturated carbocycles. The van der Waals surface area contributed by atoms with Crippen molar-refractivity contribution in [2.24, 2.45) is 10.2 Å². The summed E-state index contributed by atoms with van der Waals surface area (Å²) in [5, 5.41) is 13.1. The van der Waals surface area contributed by atoms with Crippen LogP contribution in [0.4, 0.5) is 0 Å². The summed E-state index contributed by atoms with van der Waals surface area (Å²) in [6.45, 7) is 3.74. The molecule has 0 atom stereocenters. The van der Waals surface area contributed by atoms with Gasteiger partial charge in [0.05, 0.1) is 11.4 Å². The number of unbranched alkanes of at least 4 members (excludes halogenated alkanes) is 1. The number of hydrazone groups is 2. The van der Waals surface area contributed by atoms with Gasteiger partial charge < -0.3 is 0 Å². The summed E-state index contributed by atoms with van der Waals surface area (Å²) < 4.78 is 0. The zero-order chi connectivity index (χ0) is 25.3. The maximum atomic E-state index is 12.2. The molecule has 0 spiro atoms. The molecular formula is C30H30N4O2. The lowest BCUT2D eigenvalue weighted by molar-refractivity contribution is -0.123. The first-order chi connectivity index (χ1) is 17.5. The summed E-state index contributed by atoms with van der Waals surface area (Å²) in [6.07, 6.45) is 1.80. The lowest BCUT2D eigenvalue weighted by Gasteiger charge is -2.06. The van der Waals surface area contributed by atoms with Crippen molar-refractivity contribution >= 4 is 44.8 Å². The van der Waals surface area contributed by atoms with Gasteiger partial charge in [-0.3, -0.25) is 9.59 Å². The maximum Gasteiger partial charge on any atom is 0.240 e. The van der Waals surface area contributed by atoms with E-state index in [1.54, 1.807) is 0 Å². The van der Waals surface area contributed by atoms with Gasteiger partial charge in [-0.1, -0.05) is 72.8 Å². The number of carbonyl (C=O) groups is 2. The van der Waals surface area contributed by atoms with Crippen LogP contribution in [0, 0.1) is 0 Å². The largest absolute Gasteiger partial charge is 0.273 e. The van der Waals surface area contributed by atoms with Gasteiger partial charge in [-0.05, 0) is 71.5 Å². The highest BCUT2D eigenvalue weighted by atomic mass is 16.2. The monoisotopic (exact) mass is 478 g/mol. The molecule has 6 nitrogen and oxygen atoms in total. The van der Waals surface area contributed by atoms with E-state index in [4.69, 9.17) is 0 Å². The summed E-state index contributed by atoms with van der Waals surface area (Å²) in [7, 11) is 0. The van der Waals surface area contributed by atoms with Gasteiger partial charge in [0.2, 0.25) is 11.8 Å². The fourth-order valence-electron chi connectivity index (χ4n) is 3.93. The second-order valence-electron chi connectivity index (χ2n) is 8.80. The van der Waals surface area contributed by atoms with Gasteiger partial charge in [-0.25, -0.2) is 10.9 Å². The Bertz CT molecular complexity index is 1340. The first kappa shape index (κ1) is 24.8. The third kappa shape index (κ3) is 6.63. The molecule has 0 saturated heterocycles. The van der Waals surface area contributed by atoms with Crippen molar-refractivity contribution in [2.45, 2.75) is 39.5 Å². The molecule has 0 aliphatic heterocycles. The van der Waals surface area contributed by atoms with Crippen molar-refractivity contribution in [1.82, 2.24) is 10.9 Å². The quantitative estimate of drug-likeness (QED) is 0.177. The number of benzene rings is 4. The number of fused-ring (bicyclic) bond motifs is 2. The normalized spacial score (nSPS) is 12.1. The zero-order valence-corrected chi connectivity index (χ0v) is 20.6. The summed E-state index contributed by atoms with van der Waals surface area (Å²) in [5.74, 6) is -0.332. The van der Waals surface area contributed by atoms with Crippen LogP contribution in [0.1, 0.15) is 50.7 Å². The molecule has 0 aliphatic carbocycles. The van der Waals surface area contributed by atoms with Crippen molar-refractivity contribution in [1.29, 1.82) is 0 Å². The van der Waals surface area contributed by atoms with Crippen molar-refractivity contribution in [3.05, 3.63) is 96.1 Å². The van der Waals surface area contributed by atoms with Crippen LogP contribution in [0.25, 0.3) is 21.5 Å². The molecule has 0 bridgehead atoms. The van der Waals surface area contributed by atoms with Crippen LogP contribution in [0.5, 0.6) is 0 Å². The zero-order valence-electron chi connectivity index (χ0n) is 20.6. The Balaban J connectivity index is 1.18. The van der Waals surface area contributed by atoms with E-state index in [1.807, 2.05) is 62.4 Å². The molecule has 0 fully saturated rings. The molecule has 0 unspecified atom stereocenters. The molecule has 6 heteroatoms. The minimum absolute atomic E-state index is 0.166. The molecular weight excluding hydrogens is 448 g/mol. The fraction of sp³-hybridized carbons (Fsp3) is 0.200. The number of hydrogen-bond donors (Lipinski definition) is 2. The minimum Gasteiger partial charge on any atom is -0.273 e. The van der Waals surface area contributed by atoms with E-state index in [0.717, 1.165) is 44.1 Å². The van der Waals surface area contributed by atoms with Crippen molar-refractivity contribution in [2.75, 3.05) is 0 Å². The average Bonchev–Trinajstić information content (AvgIpc) is 2.92. The molecule has 2 N–H and O–H groups in total. The maximum absolute atomic E-state index is 12.2. The third-order valence-corrected chi connectivity index (χ3v) is 6.09. The topological polar surface area (TPSA) is 82.9 Å². The van der Waals surface area contributed by atoms with E-state index in [-0.39, 0.29) is 11.8 Å². The molecule has 2 amide bonds. The van der Waals surface area contributed by atoms with Crippen LogP contribution in [0.2, 0.25) is 0 Å². The highest BCUT2D eigenvalue weighted by Crippen LogP contribution is 2.17. The molecule has 182 valence electrons. The lowest BCUT2D eigenvalue weighted by Crippen LogP contribution is -2.20. The highest BCUT2D eigenvalue weighted by molar-refractivity contribution is 6.03. The molecule has 0 aliphatic rings. The number of nitrogens with zero attached hydrogens (tertiary/aromatic N) is 2. The van der Waals surface area contributed by atoms with E-state index < -0.39 is 0 Å². The van der Waals surface area contributed by atoms with Crippen LogP contribution >= 0.6 is 0 Å². The van der Waals surface area contributed by atoms with E-state index in [1.165, 1.54) is 0 Å². The van der Waals surface area contributed by atoms with Crippen LogP contribution < -0.4 is 10.9 Å². The first-order valence-electron chi connectivity index (χ1n) is 12.1. The van der Waals surface area contributed by atoms with E-state index in [2.05, 4.69) is 57.5 Å². The molecule has 4 aromatic carbocycles. The molecule has 36 heavy (non-hydrogen) atoms.